The number of unbranched alkanes of at least 4 members (excludes halogenated alkanes) is 13. The van der Waals surface area contributed by atoms with Crippen LogP contribution < -0.4 is 24.1 Å². The Morgan fingerprint density at radius 2 is 1.43 bits per heavy atom. The molecule has 6 nitrogen and oxygen atoms in total. The van der Waals surface area contributed by atoms with Gasteiger partial charge in [-0.25, -0.2) is 4.57 Å². The fraction of sp³-hybridized carbons (Fsp3) is 0.647. The molecule has 0 radical (unpaired) electrons. The summed E-state index contributed by atoms with van der Waals surface area (Å²) in [7, 11) is 1.62. The fourth-order valence-corrected chi connectivity index (χ4v) is 4.91. The lowest BCUT2D eigenvalue weighted by Gasteiger charge is -2.13. The number of aromatic nitrogens is 1. The minimum atomic E-state index is -0.143. The first-order valence-electron chi connectivity index (χ1n) is 15.9. The zero-order valence-corrected chi connectivity index (χ0v) is 25.6. The molecule has 1 aromatic heterocycles. The molecule has 0 atom stereocenters. The highest BCUT2D eigenvalue weighted by atomic mass is 16.5. The quantitative estimate of drug-likeness (QED) is 0.107. The van der Waals surface area contributed by atoms with Crippen molar-refractivity contribution >= 4 is 5.91 Å². The van der Waals surface area contributed by atoms with Crippen LogP contribution in [0.3, 0.4) is 0 Å². The summed E-state index contributed by atoms with van der Waals surface area (Å²) < 4.78 is 19.3. The van der Waals surface area contributed by atoms with Crippen LogP contribution in [-0.4, -0.2) is 32.8 Å². The molecule has 0 unspecified atom stereocenters. The van der Waals surface area contributed by atoms with Crippen molar-refractivity contribution in [1.82, 2.24) is 5.32 Å². The summed E-state index contributed by atoms with van der Waals surface area (Å²) in [4.78, 5) is 12.3. The molecule has 0 spiro atoms. The van der Waals surface area contributed by atoms with Gasteiger partial charge in [-0.05, 0) is 25.5 Å². The molecule has 1 amide bonds. The Labute approximate surface area is 243 Å². The third kappa shape index (κ3) is 14.6. The molecule has 1 aromatic carbocycles. The number of nitrogens with zero attached hydrogens (tertiary/aromatic N) is 1. The van der Waals surface area contributed by atoms with E-state index >= 15 is 0 Å². The Kier molecular flexibility index (Phi) is 18.4. The van der Waals surface area contributed by atoms with Gasteiger partial charge in [0.2, 0.25) is 0 Å². The van der Waals surface area contributed by atoms with Crippen molar-refractivity contribution in [2.75, 3.05) is 26.9 Å². The summed E-state index contributed by atoms with van der Waals surface area (Å²) in [6.07, 6.45) is 21.6. The zero-order chi connectivity index (χ0) is 28.7. The molecule has 40 heavy (non-hydrogen) atoms. The molecule has 0 fully saturated rings. The number of carbonyl (C=O) groups is 1. The van der Waals surface area contributed by atoms with E-state index in [0.29, 0.717) is 30.4 Å². The molecule has 2 rings (SSSR count). The Morgan fingerprint density at radius 3 is 2.05 bits per heavy atom. The first-order chi connectivity index (χ1) is 19.7. The van der Waals surface area contributed by atoms with Crippen molar-refractivity contribution in [1.29, 1.82) is 0 Å². The van der Waals surface area contributed by atoms with Crippen molar-refractivity contribution in [2.45, 2.75) is 117 Å². The van der Waals surface area contributed by atoms with E-state index in [-0.39, 0.29) is 12.5 Å². The number of carbonyl (C=O) groups excluding carboxylic acids is 1. The van der Waals surface area contributed by atoms with E-state index in [4.69, 9.17) is 14.2 Å². The predicted molar refractivity (Wildman–Crippen MR) is 163 cm³/mol. The summed E-state index contributed by atoms with van der Waals surface area (Å²) >= 11 is 0. The van der Waals surface area contributed by atoms with Crippen LogP contribution in [0.2, 0.25) is 0 Å². The Balaban J connectivity index is 1.53. The number of ether oxygens (including phenoxy) is 3. The lowest BCUT2D eigenvalue weighted by Crippen LogP contribution is -2.39. The van der Waals surface area contributed by atoms with Gasteiger partial charge in [0.25, 0.3) is 5.91 Å². The molecule has 0 saturated carbocycles. The third-order valence-electron chi connectivity index (χ3n) is 7.34. The molecular weight excluding hydrogens is 500 g/mol. The number of amides is 1. The number of pyridine rings is 1. The summed E-state index contributed by atoms with van der Waals surface area (Å²) in [6.45, 7) is 6.51. The monoisotopic (exact) mass is 555 g/mol. The second-order valence-electron chi connectivity index (χ2n) is 10.6. The zero-order valence-electron chi connectivity index (χ0n) is 25.6. The molecule has 1 heterocycles. The van der Waals surface area contributed by atoms with Gasteiger partial charge in [0, 0.05) is 31.2 Å². The second kappa shape index (κ2) is 22.0. The number of aryl methyl sites for hydroxylation is 1. The minimum absolute atomic E-state index is 0.0367. The Hall–Kier alpha value is -2.76. The van der Waals surface area contributed by atoms with Crippen molar-refractivity contribution in [2.24, 2.45) is 0 Å². The van der Waals surface area contributed by atoms with Crippen molar-refractivity contribution in [3.63, 3.8) is 0 Å². The number of hydrogen-bond donors (Lipinski definition) is 1. The normalized spacial score (nSPS) is 10.9. The smallest absolute Gasteiger partial charge is 0.257 e. The Morgan fingerprint density at radius 1 is 0.775 bits per heavy atom. The molecule has 0 aliphatic carbocycles. The van der Waals surface area contributed by atoms with Crippen LogP contribution in [-0.2, 0) is 17.8 Å². The van der Waals surface area contributed by atoms with Crippen LogP contribution in [0.4, 0.5) is 0 Å². The SMILES string of the molecule is CCCCCCCCCCCCCCCCOc1ccc(OCC(=O)NCCc2cccc[n+]2CC)cc1OC. The lowest BCUT2D eigenvalue weighted by atomic mass is 10.0. The molecule has 6 heteroatoms. The van der Waals surface area contributed by atoms with Crippen molar-refractivity contribution in [3.8, 4) is 17.2 Å². The topological polar surface area (TPSA) is 60.7 Å². The minimum Gasteiger partial charge on any atom is -0.493 e. The first kappa shape index (κ1) is 33.4. The molecule has 2 aromatic rings. The summed E-state index contributed by atoms with van der Waals surface area (Å²) in [5.74, 6) is 1.77. The molecule has 1 N–H and O–H groups in total. The average molecular weight is 556 g/mol. The summed E-state index contributed by atoms with van der Waals surface area (Å²) in [5, 5.41) is 2.93. The van der Waals surface area contributed by atoms with Crippen LogP contribution in [0.15, 0.2) is 42.6 Å². The molecule has 0 aliphatic rings. The van der Waals surface area contributed by atoms with Crippen molar-refractivity contribution in [3.05, 3.63) is 48.3 Å². The third-order valence-corrected chi connectivity index (χ3v) is 7.34. The van der Waals surface area contributed by atoms with Crippen LogP contribution in [0.5, 0.6) is 17.2 Å². The first-order valence-corrected chi connectivity index (χ1v) is 15.9. The van der Waals surface area contributed by atoms with E-state index in [1.807, 2.05) is 24.3 Å². The number of benzene rings is 1. The lowest BCUT2D eigenvalue weighted by molar-refractivity contribution is -0.700. The maximum atomic E-state index is 12.3. The maximum Gasteiger partial charge on any atom is 0.257 e. The highest BCUT2D eigenvalue weighted by molar-refractivity contribution is 5.77. The van der Waals surface area contributed by atoms with Gasteiger partial charge in [0.1, 0.15) is 12.3 Å². The maximum absolute atomic E-state index is 12.3. The van der Waals surface area contributed by atoms with E-state index in [1.165, 1.54) is 89.2 Å². The van der Waals surface area contributed by atoms with Crippen LogP contribution in [0, 0.1) is 0 Å². The van der Waals surface area contributed by atoms with Gasteiger partial charge in [-0.1, -0.05) is 96.5 Å². The number of methoxy groups -OCH3 is 1. The summed E-state index contributed by atoms with van der Waals surface area (Å²) in [5.41, 5.74) is 1.20. The number of nitrogens with one attached hydrogen (secondary N) is 1. The fourth-order valence-electron chi connectivity index (χ4n) is 4.91. The largest absolute Gasteiger partial charge is 0.493 e. The highest BCUT2D eigenvalue weighted by Gasteiger charge is 2.10. The van der Waals surface area contributed by atoms with Crippen molar-refractivity contribution < 1.29 is 23.6 Å². The second-order valence-corrected chi connectivity index (χ2v) is 10.6. The van der Waals surface area contributed by atoms with Gasteiger partial charge in [-0.2, -0.15) is 0 Å². The van der Waals surface area contributed by atoms with Gasteiger partial charge < -0.3 is 19.5 Å². The molecule has 0 saturated heterocycles. The van der Waals surface area contributed by atoms with Gasteiger partial charge in [-0.15, -0.1) is 0 Å². The van der Waals surface area contributed by atoms with E-state index in [1.54, 1.807) is 13.2 Å². The van der Waals surface area contributed by atoms with Crippen LogP contribution in [0.1, 0.15) is 109 Å². The molecule has 224 valence electrons. The highest BCUT2D eigenvalue weighted by Crippen LogP contribution is 2.31. The molecule has 0 aliphatic heterocycles. The number of rotatable bonds is 24. The van der Waals surface area contributed by atoms with E-state index in [9.17, 15) is 4.79 Å². The molecular formula is C34H55N2O4+. The van der Waals surface area contributed by atoms with Crippen LogP contribution >= 0.6 is 0 Å². The average Bonchev–Trinajstić information content (AvgIpc) is 2.98. The Bertz CT molecular complexity index is 934. The van der Waals surface area contributed by atoms with E-state index in [2.05, 4.69) is 36.0 Å². The van der Waals surface area contributed by atoms with Gasteiger partial charge >= 0.3 is 0 Å². The van der Waals surface area contributed by atoms with Gasteiger partial charge in [0.15, 0.2) is 30.0 Å². The standard InChI is InChI=1S/C34H54N2O4/c1-4-6-7-8-9-10-11-12-13-14-15-16-17-20-27-39-32-23-22-31(28-33(32)38-3)40-29-34(37)35-25-24-30-21-18-19-26-36(30)5-2/h18-19,21-23,26,28H,4-17,20,24-25,27,29H2,1-3H3/p+1. The van der Waals surface area contributed by atoms with Crippen LogP contribution in [0.25, 0.3) is 0 Å². The number of hydrogen-bond acceptors (Lipinski definition) is 4. The molecule has 0 bridgehead atoms. The summed E-state index contributed by atoms with van der Waals surface area (Å²) in [6, 6.07) is 11.6. The van der Waals surface area contributed by atoms with Gasteiger partial charge in [0.05, 0.1) is 13.7 Å². The van der Waals surface area contributed by atoms with E-state index in [0.717, 1.165) is 19.4 Å². The van der Waals surface area contributed by atoms with Gasteiger partial charge in [-0.3, -0.25) is 4.79 Å². The predicted octanol–water partition coefficient (Wildman–Crippen LogP) is 7.60. The van der Waals surface area contributed by atoms with E-state index < -0.39 is 0 Å².